The molecule has 0 aliphatic heterocycles. The zero-order chi connectivity index (χ0) is 15.8. The van der Waals surface area contributed by atoms with Crippen molar-refractivity contribution in [2.24, 2.45) is 5.41 Å². The molecule has 1 aliphatic rings. The predicted octanol–water partition coefficient (Wildman–Crippen LogP) is 3.62. The minimum atomic E-state index is -3.52. The van der Waals surface area contributed by atoms with Crippen molar-refractivity contribution in [2.75, 3.05) is 12.8 Å². The van der Waals surface area contributed by atoms with Gasteiger partial charge in [-0.15, -0.1) is 0 Å². The lowest BCUT2D eigenvalue weighted by molar-refractivity contribution is 0.395. The fourth-order valence-electron chi connectivity index (χ4n) is 2.17. The SMILES string of the molecule is C[C@H](c1ccc(Cl)cc1Cl)N(C)S(=O)(=O)CC1(C#N)CC1. The van der Waals surface area contributed by atoms with Crippen molar-refractivity contribution in [1.29, 1.82) is 5.26 Å². The Morgan fingerprint density at radius 3 is 2.52 bits per heavy atom. The molecule has 2 rings (SSSR count). The van der Waals surface area contributed by atoms with Crippen LogP contribution < -0.4 is 0 Å². The number of halogens is 2. The Morgan fingerprint density at radius 1 is 1.43 bits per heavy atom. The molecule has 21 heavy (non-hydrogen) atoms. The van der Waals surface area contributed by atoms with Crippen LogP contribution in [0.1, 0.15) is 31.4 Å². The largest absolute Gasteiger partial charge is 0.215 e. The zero-order valence-electron chi connectivity index (χ0n) is 11.8. The summed E-state index contributed by atoms with van der Waals surface area (Å²) in [5, 5.41) is 9.99. The van der Waals surface area contributed by atoms with Crippen LogP contribution in [0.4, 0.5) is 0 Å². The van der Waals surface area contributed by atoms with Crippen LogP contribution in [0.2, 0.25) is 10.0 Å². The molecule has 1 atom stereocenters. The minimum Gasteiger partial charge on any atom is -0.212 e. The topological polar surface area (TPSA) is 61.2 Å². The van der Waals surface area contributed by atoms with E-state index in [9.17, 15) is 8.42 Å². The van der Waals surface area contributed by atoms with Gasteiger partial charge in [0.1, 0.15) is 0 Å². The molecule has 0 saturated heterocycles. The molecule has 0 unspecified atom stereocenters. The van der Waals surface area contributed by atoms with Gasteiger partial charge in [0.25, 0.3) is 0 Å². The van der Waals surface area contributed by atoms with Crippen LogP contribution in [-0.2, 0) is 10.0 Å². The quantitative estimate of drug-likeness (QED) is 0.817. The Morgan fingerprint density at radius 2 is 2.05 bits per heavy atom. The summed E-state index contributed by atoms with van der Waals surface area (Å²) < 4.78 is 26.2. The molecule has 0 heterocycles. The molecule has 0 radical (unpaired) electrons. The van der Waals surface area contributed by atoms with E-state index in [4.69, 9.17) is 28.5 Å². The predicted molar refractivity (Wildman–Crippen MR) is 83.7 cm³/mol. The lowest BCUT2D eigenvalue weighted by Gasteiger charge is -2.26. The van der Waals surface area contributed by atoms with Crippen molar-refractivity contribution < 1.29 is 8.42 Å². The van der Waals surface area contributed by atoms with E-state index >= 15 is 0 Å². The number of hydrogen-bond acceptors (Lipinski definition) is 3. The molecule has 1 fully saturated rings. The molecule has 0 amide bonds. The van der Waals surface area contributed by atoms with Gasteiger partial charge in [-0.05, 0) is 37.5 Å². The van der Waals surface area contributed by atoms with Gasteiger partial charge in [-0.3, -0.25) is 0 Å². The van der Waals surface area contributed by atoms with Crippen LogP contribution in [0, 0.1) is 16.7 Å². The van der Waals surface area contributed by atoms with E-state index < -0.39 is 21.5 Å². The van der Waals surface area contributed by atoms with E-state index in [1.54, 1.807) is 25.1 Å². The molecule has 1 aliphatic carbocycles. The standard InChI is InChI=1S/C14H16Cl2N2O2S/c1-10(12-4-3-11(15)7-13(12)16)18(2)21(19,20)9-14(8-17)5-6-14/h3-4,7,10H,5-6,9H2,1-2H3/t10-/m1/s1. The van der Waals surface area contributed by atoms with Crippen LogP contribution in [-0.4, -0.2) is 25.5 Å². The minimum absolute atomic E-state index is 0.136. The highest BCUT2D eigenvalue weighted by Gasteiger charge is 2.48. The van der Waals surface area contributed by atoms with Crippen LogP contribution in [0.25, 0.3) is 0 Å². The Hall–Kier alpha value is -0.800. The summed E-state index contributed by atoms with van der Waals surface area (Å²) in [7, 11) is -2.01. The summed E-state index contributed by atoms with van der Waals surface area (Å²) in [6.07, 6.45) is 1.29. The maximum absolute atomic E-state index is 12.4. The fraction of sp³-hybridized carbons (Fsp3) is 0.500. The van der Waals surface area contributed by atoms with Crippen LogP contribution in [0.3, 0.4) is 0 Å². The highest BCUT2D eigenvalue weighted by atomic mass is 35.5. The Balaban J connectivity index is 2.22. The van der Waals surface area contributed by atoms with Gasteiger partial charge in [-0.1, -0.05) is 29.3 Å². The van der Waals surface area contributed by atoms with Gasteiger partial charge in [0, 0.05) is 23.1 Å². The van der Waals surface area contributed by atoms with E-state index in [2.05, 4.69) is 6.07 Å². The molecule has 0 bridgehead atoms. The highest BCUT2D eigenvalue weighted by Crippen LogP contribution is 2.46. The van der Waals surface area contributed by atoms with Crippen molar-refractivity contribution in [1.82, 2.24) is 4.31 Å². The van der Waals surface area contributed by atoms with E-state index in [-0.39, 0.29) is 5.75 Å². The molecule has 0 aromatic heterocycles. The maximum atomic E-state index is 12.4. The normalized spacial score (nSPS) is 18.3. The average molecular weight is 347 g/mol. The number of hydrogen-bond donors (Lipinski definition) is 0. The van der Waals surface area contributed by atoms with Gasteiger partial charge >= 0.3 is 0 Å². The maximum Gasteiger partial charge on any atom is 0.215 e. The summed E-state index contributed by atoms with van der Waals surface area (Å²) in [4.78, 5) is 0. The first kappa shape index (κ1) is 16.6. The molecule has 0 N–H and O–H groups in total. The van der Waals surface area contributed by atoms with Crippen molar-refractivity contribution >= 4 is 33.2 Å². The summed E-state index contributed by atoms with van der Waals surface area (Å²) >= 11 is 12.0. The van der Waals surface area contributed by atoms with Crippen molar-refractivity contribution in [3.8, 4) is 6.07 Å². The summed E-state index contributed by atoms with van der Waals surface area (Å²) in [5.74, 6) is -0.136. The molecular formula is C14H16Cl2N2O2S. The van der Waals surface area contributed by atoms with Gasteiger partial charge in [0.2, 0.25) is 10.0 Å². The van der Waals surface area contributed by atoms with Crippen molar-refractivity contribution in [3.63, 3.8) is 0 Å². The van der Waals surface area contributed by atoms with Gasteiger partial charge in [0.15, 0.2) is 0 Å². The third-order valence-corrected chi connectivity index (χ3v) is 6.62. The van der Waals surface area contributed by atoms with E-state index in [1.807, 2.05) is 0 Å². The summed E-state index contributed by atoms with van der Waals surface area (Å²) in [6.45, 7) is 1.76. The summed E-state index contributed by atoms with van der Waals surface area (Å²) in [5.41, 5.74) is -0.00897. The van der Waals surface area contributed by atoms with Crippen molar-refractivity contribution in [2.45, 2.75) is 25.8 Å². The van der Waals surface area contributed by atoms with E-state index in [0.717, 1.165) is 0 Å². The second kappa shape index (κ2) is 5.77. The highest BCUT2D eigenvalue weighted by molar-refractivity contribution is 7.89. The smallest absolute Gasteiger partial charge is 0.212 e. The monoisotopic (exact) mass is 346 g/mol. The first-order valence-electron chi connectivity index (χ1n) is 6.53. The van der Waals surface area contributed by atoms with E-state index in [0.29, 0.717) is 28.5 Å². The van der Waals surface area contributed by atoms with Gasteiger partial charge in [0.05, 0.1) is 17.2 Å². The van der Waals surface area contributed by atoms with Crippen LogP contribution >= 0.6 is 23.2 Å². The number of sulfonamides is 1. The Kier molecular flexibility index (Phi) is 4.55. The Labute approximate surface area is 135 Å². The second-order valence-corrected chi connectivity index (χ2v) is 8.38. The lowest BCUT2D eigenvalue weighted by Crippen LogP contribution is -2.34. The van der Waals surface area contributed by atoms with E-state index in [1.165, 1.54) is 11.4 Å². The fourth-order valence-corrected chi connectivity index (χ4v) is 4.58. The number of benzene rings is 1. The molecule has 114 valence electrons. The second-order valence-electron chi connectivity index (χ2n) is 5.51. The molecule has 1 saturated carbocycles. The third-order valence-electron chi connectivity index (χ3n) is 3.95. The molecular weight excluding hydrogens is 331 g/mol. The molecule has 1 aromatic rings. The molecule has 1 aromatic carbocycles. The first-order chi connectivity index (χ1) is 9.71. The van der Waals surface area contributed by atoms with Crippen molar-refractivity contribution in [3.05, 3.63) is 33.8 Å². The molecule has 0 spiro atoms. The average Bonchev–Trinajstić information content (AvgIpc) is 3.16. The first-order valence-corrected chi connectivity index (χ1v) is 8.89. The Bertz CT molecular complexity index is 693. The molecule has 4 nitrogen and oxygen atoms in total. The van der Waals surface area contributed by atoms with Gasteiger partial charge in [-0.25, -0.2) is 8.42 Å². The summed E-state index contributed by atoms with van der Waals surface area (Å²) in [6, 6.07) is 6.68. The number of nitriles is 1. The van der Waals surface area contributed by atoms with Crippen LogP contribution in [0.15, 0.2) is 18.2 Å². The third kappa shape index (κ3) is 3.51. The van der Waals surface area contributed by atoms with Crippen LogP contribution in [0.5, 0.6) is 0 Å². The van der Waals surface area contributed by atoms with Gasteiger partial charge < -0.3 is 0 Å². The number of rotatable bonds is 5. The number of nitrogens with zero attached hydrogens (tertiary/aromatic N) is 2. The molecule has 7 heteroatoms. The lowest BCUT2D eigenvalue weighted by atomic mass is 10.1. The zero-order valence-corrected chi connectivity index (χ0v) is 14.1. The van der Waals surface area contributed by atoms with Gasteiger partial charge in [-0.2, -0.15) is 9.57 Å².